The Kier molecular flexibility index (Phi) is 4.33. The summed E-state index contributed by atoms with van der Waals surface area (Å²) in [7, 11) is -3.17. The maximum Gasteiger partial charge on any atom is 0.241 e. The first-order chi connectivity index (χ1) is 11.9. The molecule has 0 unspecified atom stereocenters. The van der Waals surface area contributed by atoms with Gasteiger partial charge in [0.05, 0.1) is 12.8 Å². The number of carbonyl (C=O) groups excluding carboxylic acids is 1. The van der Waals surface area contributed by atoms with Crippen LogP contribution in [0.4, 0.5) is 5.69 Å². The molecule has 0 spiro atoms. The highest BCUT2D eigenvalue weighted by Crippen LogP contribution is 2.31. The molecule has 1 amide bonds. The molecule has 3 saturated heterocycles. The molecule has 2 atom stereocenters. The standard InChI is InChI=1S/C18H25N3O3S/c1-25(23,24)20-11-14-6-7-16(12-20)19(10-14)13-18(22)21-9-8-15-4-2-3-5-17(15)21/h2-5,14,16H,6-13H2,1H3/t14-,16-/m1/s1. The van der Waals surface area contributed by atoms with Crippen LogP contribution in [0.3, 0.4) is 0 Å². The summed E-state index contributed by atoms with van der Waals surface area (Å²) >= 11 is 0. The topological polar surface area (TPSA) is 60.9 Å². The lowest BCUT2D eigenvalue weighted by Crippen LogP contribution is -2.49. The van der Waals surface area contributed by atoms with E-state index in [1.165, 1.54) is 11.8 Å². The Morgan fingerprint density at radius 3 is 2.76 bits per heavy atom. The molecule has 0 saturated carbocycles. The summed E-state index contributed by atoms with van der Waals surface area (Å²) in [6.45, 7) is 3.05. The van der Waals surface area contributed by atoms with Gasteiger partial charge in [-0.1, -0.05) is 18.2 Å². The van der Waals surface area contributed by atoms with Crippen LogP contribution in [0.2, 0.25) is 0 Å². The fraction of sp³-hybridized carbons (Fsp3) is 0.611. The molecule has 4 aliphatic rings. The number of anilines is 1. The fourth-order valence-corrected chi connectivity index (χ4v) is 5.38. The summed E-state index contributed by atoms with van der Waals surface area (Å²) in [5.41, 5.74) is 2.27. The third kappa shape index (κ3) is 3.32. The van der Waals surface area contributed by atoms with Gasteiger partial charge in [0.2, 0.25) is 15.9 Å². The normalized spacial score (nSPS) is 27.3. The number of piperidine rings is 1. The van der Waals surface area contributed by atoms with E-state index in [1.54, 1.807) is 4.31 Å². The van der Waals surface area contributed by atoms with Crippen molar-refractivity contribution in [2.75, 3.05) is 43.9 Å². The first kappa shape index (κ1) is 17.0. The number of hydrogen-bond donors (Lipinski definition) is 0. The lowest BCUT2D eigenvalue weighted by molar-refractivity contribution is -0.120. The number of fused-ring (bicyclic) bond motifs is 5. The number of benzene rings is 1. The van der Waals surface area contributed by atoms with Crippen molar-refractivity contribution in [3.63, 3.8) is 0 Å². The Morgan fingerprint density at radius 1 is 1.16 bits per heavy atom. The molecule has 6 nitrogen and oxygen atoms in total. The van der Waals surface area contributed by atoms with Gasteiger partial charge in [0.25, 0.3) is 0 Å². The molecular formula is C18H25N3O3S. The van der Waals surface area contributed by atoms with Crippen LogP contribution in [0.1, 0.15) is 18.4 Å². The minimum absolute atomic E-state index is 0.128. The van der Waals surface area contributed by atoms with E-state index in [1.807, 2.05) is 23.1 Å². The van der Waals surface area contributed by atoms with Crippen molar-refractivity contribution in [3.8, 4) is 0 Å². The molecule has 0 radical (unpaired) electrons. The average molecular weight is 363 g/mol. The molecular weight excluding hydrogens is 338 g/mol. The summed E-state index contributed by atoms with van der Waals surface area (Å²) < 4.78 is 25.5. The van der Waals surface area contributed by atoms with Crippen molar-refractivity contribution in [2.24, 2.45) is 5.92 Å². The lowest BCUT2D eigenvalue weighted by Gasteiger charge is -2.36. The molecule has 25 heavy (non-hydrogen) atoms. The SMILES string of the molecule is CS(=O)(=O)N1C[C@@H]2CC[C@H](C1)N(CC(=O)N1CCc3ccccc31)C2. The number of nitrogens with zero attached hydrogens (tertiary/aromatic N) is 3. The fourth-order valence-electron chi connectivity index (χ4n) is 4.46. The zero-order chi connectivity index (χ0) is 17.6. The number of rotatable bonds is 3. The zero-order valence-electron chi connectivity index (χ0n) is 14.6. The van der Waals surface area contributed by atoms with Gasteiger partial charge >= 0.3 is 0 Å². The molecule has 0 aromatic heterocycles. The van der Waals surface area contributed by atoms with Crippen molar-refractivity contribution in [3.05, 3.63) is 29.8 Å². The Hall–Kier alpha value is -1.44. The molecule has 3 fully saturated rings. The molecule has 1 aromatic carbocycles. The van der Waals surface area contributed by atoms with Crippen LogP contribution in [0.15, 0.2) is 24.3 Å². The van der Waals surface area contributed by atoms with Crippen LogP contribution in [0, 0.1) is 5.92 Å². The summed E-state index contributed by atoms with van der Waals surface area (Å²) in [5.74, 6) is 0.454. The van der Waals surface area contributed by atoms with Gasteiger partial charge < -0.3 is 4.90 Å². The van der Waals surface area contributed by atoms with Crippen LogP contribution in [0.25, 0.3) is 0 Å². The van der Waals surface area contributed by atoms with E-state index in [-0.39, 0.29) is 11.9 Å². The van der Waals surface area contributed by atoms with E-state index < -0.39 is 10.0 Å². The third-order valence-corrected chi connectivity index (χ3v) is 7.03. The van der Waals surface area contributed by atoms with E-state index in [0.717, 1.165) is 38.0 Å². The van der Waals surface area contributed by atoms with Gasteiger partial charge in [-0.2, -0.15) is 0 Å². The number of amides is 1. The quantitative estimate of drug-likeness (QED) is 0.802. The molecule has 4 aliphatic heterocycles. The van der Waals surface area contributed by atoms with Crippen molar-refractivity contribution in [1.29, 1.82) is 0 Å². The Morgan fingerprint density at radius 2 is 1.96 bits per heavy atom. The summed E-state index contributed by atoms with van der Waals surface area (Å²) in [6, 6.07) is 8.24. The summed E-state index contributed by atoms with van der Waals surface area (Å²) in [6.07, 6.45) is 4.22. The van der Waals surface area contributed by atoms with Crippen molar-refractivity contribution in [1.82, 2.24) is 9.21 Å². The second-order valence-electron chi connectivity index (χ2n) is 7.53. The van der Waals surface area contributed by atoms with Crippen molar-refractivity contribution < 1.29 is 13.2 Å². The van der Waals surface area contributed by atoms with Gasteiger partial charge in [-0.25, -0.2) is 12.7 Å². The van der Waals surface area contributed by atoms with Gasteiger partial charge in [-0.05, 0) is 36.8 Å². The Balaban J connectivity index is 1.48. The monoisotopic (exact) mass is 363 g/mol. The molecule has 5 rings (SSSR count). The number of carbonyl (C=O) groups is 1. The summed E-state index contributed by atoms with van der Waals surface area (Å²) in [5, 5.41) is 0. The van der Waals surface area contributed by atoms with Crippen LogP contribution in [-0.4, -0.2) is 68.6 Å². The average Bonchev–Trinajstić information content (AvgIpc) is 2.77. The smallest absolute Gasteiger partial charge is 0.241 e. The molecule has 0 N–H and O–H groups in total. The van der Waals surface area contributed by atoms with E-state index in [2.05, 4.69) is 11.0 Å². The van der Waals surface area contributed by atoms with Crippen LogP contribution < -0.4 is 4.90 Å². The van der Waals surface area contributed by atoms with Crippen molar-refractivity contribution in [2.45, 2.75) is 25.3 Å². The predicted octanol–water partition coefficient (Wildman–Crippen LogP) is 0.932. The molecule has 136 valence electrons. The maximum atomic E-state index is 12.9. The van der Waals surface area contributed by atoms with E-state index in [4.69, 9.17) is 0 Å². The first-order valence-corrected chi connectivity index (χ1v) is 10.8. The van der Waals surface area contributed by atoms with E-state index in [9.17, 15) is 13.2 Å². The van der Waals surface area contributed by atoms with Gasteiger partial charge in [0.15, 0.2) is 0 Å². The van der Waals surface area contributed by atoms with Gasteiger partial charge in [-0.3, -0.25) is 9.69 Å². The minimum Gasteiger partial charge on any atom is -0.311 e. The highest BCUT2D eigenvalue weighted by atomic mass is 32.2. The van der Waals surface area contributed by atoms with Crippen LogP contribution >= 0.6 is 0 Å². The molecule has 2 bridgehead atoms. The predicted molar refractivity (Wildman–Crippen MR) is 97.0 cm³/mol. The molecule has 0 aliphatic carbocycles. The van der Waals surface area contributed by atoms with E-state index in [0.29, 0.717) is 25.6 Å². The zero-order valence-corrected chi connectivity index (χ0v) is 15.4. The minimum atomic E-state index is -3.17. The number of sulfonamides is 1. The highest BCUT2D eigenvalue weighted by Gasteiger charge is 2.39. The van der Waals surface area contributed by atoms with Gasteiger partial charge in [0, 0.05) is 37.9 Å². The Bertz CT molecular complexity index is 780. The number of hydrogen-bond acceptors (Lipinski definition) is 4. The van der Waals surface area contributed by atoms with Gasteiger partial charge in [0.1, 0.15) is 0 Å². The van der Waals surface area contributed by atoms with E-state index >= 15 is 0 Å². The second kappa shape index (κ2) is 6.37. The van der Waals surface area contributed by atoms with Gasteiger partial charge in [-0.15, -0.1) is 0 Å². The molecule has 4 heterocycles. The first-order valence-electron chi connectivity index (χ1n) is 8.99. The highest BCUT2D eigenvalue weighted by molar-refractivity contribution is 7.88. The molecule has 1 aromatic rings. The third-order valence-electron chi connectivity index (χ3n) is 5.79. The molecule has 7 heteroatoms. The second-order valence-corrected chi connectivity index (χ2v) is 9.51. The van der Waals surface area contributed by atoms with Crippen molar-refractivity contribution >= 4 is 21.6 Å². The maximum absolute atomic E-state index is 12.9. The lowest BCUT2D eigenvalue weighted by atomic mass is 9.95. The number of para-hydroxylation sites is 1. The van der Waals surface area contributed by atoms with Crippen LogP contribution in [-0.2, 0) is 21.2 Å². The van der Waals surface area contributed by atoms with Crippen LogP contribution in [0.5, 0.6) is 0 Å². The Labute approximate surface area is 149 Å². The summed E-state index contributed by atoms with van der Waals surface area (Å²) in [4.78, 5) is 17.0. The largest absolute Gasteiger partial charge is 0.311 e.